The summed E-state index contributed by atoms with van der Waals surface area (Å²) < 4.78 is 53.2. The fraction of sp³-hybridized carbons (Fsp3) is 0.190. The summed E-state index contributed by atoms with van der Waals surface area (Å²) in [6.07, 6.45) is 2.43. The van der Waals surface area contributed by atoms with E-state index in [0.717, 1.165) is 10.6 Å². The second-order valence-corrected chi connectivity index (χ2v) is 11.3. The van der Waals surface area contributed by atoms with E-state index in [-0.39, 0.29) is 22.2 Å². The van der Waals surface area contributed by atoms with Gasteiger partial charge in [0.25, 0.3) is 10.0 Å². The van der Waals surface area contributed by atoms with Crippen LogP contribution in [-0.2, 0) is 24.8 Å². The van der Waals surface area contributed by atoms with Crippen molar-refractivity contribution in [2.45, 2.75) is 24.8 Å². The molecule has 0 aliphatic heterocycles. The summed E-state index contributed by atoms with van der Waals surface area (Å²) in [5.74, 6) is -0.670. The lowest BCUT2D eigenvalue weighted by Crippen LogP contribution is -2.45. The molecule has 180 valence electrons. The van der Waals surface area contributed by atoms with Crippen molar-refractivity contribution in [2.24, 2.45) is 0 Å². The van der Waals surface area contributed by atoms with Gasteiger partial charge in [-0.15, -0.1) is 0 Å². The lowest BCUT2D eigenvalue weighted by atomic mass is 10.2. The van der Waals surface area contributed by atoms with E-state index in [9.17, 15) is 21.6 Å². The first-order valence-corrected chi connectivity index (χ1v) is 13.6. The fourth-order valence-electron chi connectivity index (χ4n) is 3.04. The highest BCUT2D eigenvalue weighted by atomic mass is 35.5. The van der Waals surface area contributed by atoms with E-state index < -0.39 is 32.0 Å². The van der Waals surface area contributed by atoms with Crippen LogP contribution in [0.2, 0.25) is 5.02 Å². The molecule has 1 atom stereocenters. The van der Waals surface area contributed by atoms with Gasteiger partial charge in [-0.05, 0) is 68.4 Å². The second-order valence-electron chi connectivity index (χ2n) is 7.35. The number of anilines is 3. The molecule has 10 nitrogen and oxygen atoms in total. The van der Waals surface area contributed by atoms with Gasteiger partial charge in [-0.1, -0.05) is 11.6 Å². The van der Waals surface area contributed by atoms with Gasteiger partial charge in [-0.2, -0.15) is 0 Å². The van der Waals surface area contributed by atoms with Crippen molar-refractivity contribution in [2.75, 3.05) is 20.6 Å². The van der Waals surface area contributed by atoms with E-state index in [1.165, 1.54) is 61.7 Å². The maximum absolute atomic E-state index is 12.8. The number of rotatable bonds is 8. The van der Waals surface area contributed by atoms with Crippen molar-refractivity contribution in [3.8, 4) is 0 Å². The van der Waals surface area contributed by atoms with Crippen LogP contribution in [-0.4, -0.2) is 45.0 Å². The molecule has 0 spiro atoms. The molecule has 0 saturated carbocycles. The smallest absolute Gasteiger partial charge is 0.264 e. The summed E-state index contributed by atoms with van der Waals surface area (Å²) in [6, 6.07) is 12.0. The largest absolute Gasteiger partial charge is 0.324 e. The van der Waals surface area contributed by atoms with Gasteiger partial charge in [0.15, 0.2) is 0 Å². The SMILES string of the molecule is Cc1ccnc(NS(=O)(=O)c2ccc(NC(=O)[C@H](C)N(c3ccc(Cl)cc3)S(C)(=O)=O)cc2)n1. The van der Waals surface area contributed by atoms with Gasteiger partial charge in [0.2, 0.25) is 21.9 Å². The van der Waals surface area contributed by atoms with E-state index in [1.54, 1.807) is 13.0 Å². The van der Waals surface area contributed by atoms with Crippen LogP contribution in [0.1, 0.15) is 12.6 Å². The maximum Gasteiger partial charge on any atom is 0.264 e. The number of hydrogen-bond acceptors (Lipinski definition) is 7. The third-order valence-electron chi connectivity index (χ3n) is 4.62. The molecule has 1 amide bonds. The Kier molecular flexibility index (Phi) is 7.44. The minimum atomic E-state index is -3.95. The molecule has 3 aromatic rings. The molecule has 0 radical (unpaired) electrons. The molecule has 0 saturated heterocycles. The van der Waals surface area contributed by atoms with Crippen LogP contribution >= 0.6 is 11.6 Å². The van der Waals surface area contributed by atoms with Gasteiger partial charge in [0.1, 0.15) is 6.04 Å². The quantitative estimate of drug-likeness (QED) is 0.462. The lowest BCUT2D eigenvalue weighted by Gasteiger charge is -2.28. The Balaban J connectivity index is 1.76. The number of hydrogen-bond donors (Lipinski definition) is 2. The van der Waals surface area contributed by atoms with Gasteiger partial charge in [-0.25, -0.2) is 31.5 Å². The summed E-state index contributed by atoms with van der Waals surface area (Å²) in [6.45, 7) is 3.14. The van der Waals surface area contributed by atoms with Crippen LogP contribution in [0.5, 0.6) is 0 Å². The molecule has 0 fully saturated rings. The lowest BCUT2D eigenvalue weighted by molar-refractivity contribution is -0.116. The number of aromatic nitrogens is 2. The Morgan fingerprint density at radius 1 is 1.00 bits per heavy atom. The van der Waals surface area contributed by atoms with Gasteiger partial charge in [-0.3, -0.25) is 9.10 Å². The monoisotopic (exact) mass is 523 g/mol. The molecule has 3 rings (SSSR count). The molecule has 0 aliphatic rings. The topological polar surface area (TPSA) is 138 Å². The van der Waals surface area contributed by atoms with Crippen LogP contribution in [0.25, 0.3) is 0 Å². The Bertz CT molecular complexity index is 1400. The van der Waals surface area contributed by atoms with Crippen molar-refractivity contribution >= 4 is 54.9 Å². The zero-order valence-electron chi connectivity index (χ0n) is 18.4. The third kappa shape index (κ3) is 6.22. The van der Waals surface area contributed by atoms with E-state index in [0.29, 0.717) is 10.7 Å². The van der Waals surface area contributed by atoms with Crippen LogP contribution in [0.4, 0.5) is 17.3 Å². The van der Waals surface area contributed by atoms with Gasteiger partial charge < -0.3 is 5.32 Å². The van der Waals surface area contributed by atoms with Crippen LogP contribution < -0.4 is 14.3 Å². The summed E-state index contributed by atoms with van der Waals surface area (Å²) in [7, 11) is -7.75. The van der Waals surface area contributed by atoms with E-state index in [4.69, 9.17) is 11.6 Å². The first-order valence-electron chi connectivity index (χ1n) is 9.85. The predicted octanol–water partition coefficient (Wildman–Crippen LogP) is 3.03. The van der Waals surface area contributed by atoms with Gasteiger partial charge in [0, 0.05) is 22.6 Å². The highest BCUT2D eigenvalue weighted by molar-refractivity contribution is 7.92. The molecule has 34 heavy (non-hydrogen) atoms. The van der Waals surface area contributed by atoms with Crippen LogP contribution in [0.3, 0.4) is 0 Å². The van der Waals surface area contributed by atoms with Crippen LogP contribution in [0.15, 0.2) is 65.7 Å². The average Bonchev–Trinajstić information content (AvgIpc) is 2.74. The normalized spacial score (nSPS) is 12.6. The average molecular weight is 524 g/mol. The number of amides is 1. The molecule has 1 heterocycles. The van der Waals surface area contributed by atoms with Gasteiger partial charge >= 0.3 is 0 Å². The molecule has 0 bridgehead atoms. The minimum absolute atomic E-state index is 0.0609. The molecule has 2 aromatic carbocycles. The number of aryl methyl sites for hydroxylation is 1. The maximum atomic E-state index is 12.8. The van der Waals surface area contributed by atoms with Crippen molar-refractivity contribution in [3.63, 3.8) is 0 Å². The van der Waals surface area contributed by atoms with Crippen molar-refractivity contribution in [1.82, 2.24) is 9.97 Å². The molecule has 2 N–H and O–H groups in total. The fourth-order valence-corrected chi connectivity index (χ4v) is 5.29. The standard InChI is InChI=1S/C21H22ClN5O5S2/c1-14-12-13-23-21(24-14)26-34(31,32)19-10-6-17(7-11-19)25-20(28)15(2)27(33(3,29)30)18-8-4-16(22)5-9-18/h4-13,15H,1-3H3,(H,25,28)(H,23,24,26)/t15-/m0/s1. The molecule has 13 heteroatoms. The zero-order chi connectivity index (χ0) is 25.1. The number of halogens is 1. The number of nitrogens with zero attached hydrogens (tertiary/aromatic N) is 3. The molecule has 0 aliphatic carbocycles. The molecular weight excluding hydrogens is 502 g/mol. The summed E-state index contributed by atoms with van der Waals surface area (Å²) in [5.41, 5.74) is 1.16. The Labute approximate surface area is 203 Å². The summed E-state index contributed by atoms with van der Waals surface area (Å²) in [4.78, 5) is 20.6. The number of nitrogens with one attached hydrogen (secondary N) is 2. The molecular formula is C21H22ClN5O5S2. The Morgan fingerprint density at radius 2 is 1.62 bits per heavy atom. The highest BCUT2D eigenvalue weighted by Gasteiger charge is 2.29. The summed E-state index contributed by atoms with van der Waals surface area (Å²) in [5, 5.41) is 3.02. The number of carbonyl (C=O) groups excluding carboxylic acids is 1. The van der Waals surface area contributed by atoms with E-state index in [2.05, 4.69) is 20.0 Å². The molecule has 0 unspecified atom stereocenters. The Morgan fingerprint density at radius 3 is 2.18 bits per heavy atom. The van der Waals surface area contributed by atoms with Crippen molar-refractivity contribution in [3.05, 3.63) is 71.5 Å². The van der Waals surface area contributed by atoms with Crippen molar-refractivity contribution in [1.29, 1.82) is 0 Å². The Hall–Kier alpha value is -3.22. The van der Waals surface area contributed by atoms with E-state index in [1.807, 2.05) is 0 Å². The predicted molar refractivity (Wildman–Crippen MR) is 131 cm³/mol. The first kappa shape index (κ1) is 25.4. The van der Waals surface area contributed by atoms with Gasteiger partial charge in [0.05, 0.1) is 16.8 Å². The number of benzene rings is 2. The van der Waals surface area contributed by atoms with Crippen molar-refractivity contribution < 1.29 is 21.6 Å². The summed E-state index contributed by atoms with van der Waals surface area (Å²) >= 11 is 5.88. The molecule has 1 aromatic heterocycles. The third-order valence-corrected chi connectivity index (χ3v) is 7.46. The highest BCUT2D eigenvalue weighted by Crippen LogP contribution is 2.24. The van der Waals surface area contributed by atoms with E-state index >= 15 is 0 Å². The number of sulfonamides is 2. The number of carbonyl (C=O) groups is 1. The first-order chi connectivity index (χ1) is 15.9. The second kappa shape index (κ2) is 9.95. The van der Waals surface area contributed by atoms with Crippen LogP contribution in [0, 0.1) is 6.92 Å². The minimum Gasteiger partial charge on any atom is -0.324 e. The zero-order valence-corrected chi connectivity index (χ0v) is 20.8.